The highest BCUT2D eigenvalue weighted by molar-refractivity contribution is 6.75. The average molecular weight is 623 g/mol. The van der Waals surface area contributed by atoms with Crippen molar-refractivity contribution >= 4 is 31.2 Å². The maximum absolute atomic E-state index is 12.5. The Labute approximate surface area is 256 Å². The van der Waals surface area contributed by atoms with Crippen LogP contribution in [0.15, 0.2) is 42.5 Å². The summed E-state index contributed by atoms with van der Waals surface area (Å²) < 4.78 is 26.9. The highest BCUT2D eigenvalue weighted by Gasteiger charge is 2.44. The number of hydrogen-bond donors (Lipinski definition) is 0. The van der Waals surface area contributed by atoms with Crippen LogP contribution in [-0.4, -0.2) is 55.7 Å². The van der Waals surface area contributed by atoms with E-state index in [1.165, 1.54) is 0 Å². The third-order valence-corrected chi connectivity index (χ3v) is 23.0. The maximum atomic E-state index is 12.5. The van der Waals surface area contributed by atoms with Crippen molar-refractivity contribution in [3.8, 4) is 0 Å². The van der Waals surface area contributed by atoms with Gasteiger partial charge >= 0.3 is 0 Å². The summed E-state index contributed by atoms with van der Waals surface area (Å²) >= 11 is 0. The average Bonchev–Trinajstić information content (AvgIpc) is 2.79. The zero-order valence-corrected chi connectivity index (χ0v) is 32.2. The van der Waals surface area contributed by atoms with Crippen LogP contribution in [0.3, 0.4) is 0 Å². The molecule has 8 heteroatoms. The largest absolute Gasteiger partial charge is 0.411 e. The van der Waals surface area contributed by atoms with E-state index in [1.807, 2.05) is 36.4 Å². The smallest absolute Gasteiger partial charge is 0.193 e. The first-order valence-electron chi connectivity index (χ1n) is 15.2. The van der Waals surface area contributed by atoms with Gasteiger partial charge in [0.2, 0.25) is 0 Å². The Morgan fingerprint density at radius 2 is 1.02 bits per heavy atom. The number of benzene rings is 1. The normalized spacial score (nSPS) is 17.4. The molecular formula is C33H62O5Si3. The second kappa shape index (κ2) is 14.3. The zero-order valence-electron chi connectivity index (χ0n) is 29.2. The molecule has 0 bridgehead atoms. The summed E-state index contributed by atoms with van der Waals surface area (Å²) in [4.78, 5) is 12.5. The van der Waals surface area contributed by atoms with E-state index >= 15 is 0 Å². The van der Waals surface area contributed by atoms with Gasteiger partial charge in [-0.2, -0.15) is 0 Å². The summed E-state index contributed by atoms with van der Waals surface area (Å²) in [6.07, 6.45) is 3.25. The molecule has 0 aromatic heterocycles. The summed E-state index contributed by atoms with van der Waals surface area (Å²) in [7, 11) is -6.44. The summed E-state index contributed by atoms with van der Waals surface area (Å²) in [6.45, 7) is 36.1. The zero-order chi connectivity index (χ0) is 32.1. The standard InChI is InChI=1S/C33H62O5Si3/c1-26(36-39(11,12)31(2,3)4)28(37-40(13,14)32(5,6)7)22-23-29(38-41(15,16)33(8,9)10)30(24-34)35-25-27-20-18-17-19-21-27/h17-24,26,28-30H,25H2,1-16H3/b23-22+/t26-,28-,29-,30-/m0/s1. The molecule has 0 spiro atoms. The Morgan fingerprint density at radius 3 is 1.44 bits per heavy atom. The van der Waals surface area contributed by atoms with Crippen molar-refractivity contribution in [3.05, 3.63) is 48.0 Å². The van der Waals surface area contributed by atoms with Crippen molar-refractivity contribution in [2.75, 3.05) is 0 Å². The first-order valence-corrected chi connectivity index (χ1v) is 23.9. The molecule has 0 N–H and O–H groups in total. The topological polar surface area (TPSA) is 54.0 Å². The number of ether oxygens (including phenoxy) is 1. The third kappa shape index (κ3) is 11.3. The van der Waals surface area contributed by atoms with Gasteiger partial charge in [0.05, 0.1) is 24.9 Å². The van der Waals surface area contributed by atoms with Gasteiger partial charge in [0, 0.05) is 0 Å². The SMILES string of the molecule is C[C@H](O[Si](C)(C)C(C)(C)C)[C@H](/C=C/[C@H](O[Si](C)(C)C(C)(C)C)[C@H](C=O)OCc1ccccc1)O[Si](C)(C)C(C)(C)C. The highest BCUT2D eigenvalue weighted by atomic mass is 28.4. The molecule has 0 radical (unpaired) electrons. The molecule has 0 unspecified atom stereocenters. The van der Waals surface area contributed by atoms with E-state index in [4.69, 9.17) is 18.0 Å². The Hall–Kier alpha value is -0.879. The van der Waals surface area contributed by atoms with Crippen molar-refractivity contribution in [2.45, 2.75) is 155 Å². The summed E-state index contributed by atoms with van der Waals surface area (Å²) in [5.74, 6) is 0. The maximum Gasteiger partial charge on any atom is 0.193 e. The fourth-order valence-electron chi connectivity index (χ4n) is 3.45. The summed E-state index contributed by atoms with van der Waals surface area (Å²) in [5.41, 5.74) is 1.02. The molecule has 0 heterocycles. The van der Waals surface area contributed by atoms with E-state index in [1.54, 1.807) is 0 Å². The van der Waals surface area contributed by atoms with Gasteiger partial charge < -0.3 is 22.8 Å². The molecular weight excluding hydrogens is 561 g/mol. The van der Waals surface area contributed by atoms with Gasteiger partial charge in [-0.05, 0) is 66.9 Å². The first-order chi connectivity index (χ1) is 18.3. The van der Waals surface area contributed by atoms with E-state index in [0.717, 1.165) is 11.8 Å². The van der Waals surface area contributed by atoms with Crippen LogP contribution in [-0.2, 0) is 29.4 Å². The molecule has 0 saturated carbocycles. The predicted octanol–water partition coefficient (Wildman–Crippen LogP) is 9.52. The first kappa shape index (κ1) is 38.1. The number of carbonyl (C=O) groups is 1. The quantitative estimate of drug-likeness (QED) is 0.117. The minimum Gasteiger partial charge on any atom is -0.411 e. The summed E-state index contributed by atoms with van der Waals surface area (Å²) in [6, 6.07) is 9.94. The van der Waals surface area contributed by atoms with Gasteiger partial charge in [-0.3, -0.25) is 0 Å². The van der Waals surface area contributed by atoms with Gasteiger partial charge in [0.1, 0.15) is 6.10 Å². The fraction of sp³-hybridized carbons (Fsp3) is 0.727. The Kier molecular flexibility index (Phi) is 13.3. The molecule has 41 heavy (non-hydrogen) atoms. The molecule has 1 aromatic rings. The molecule has 0 saturated heterocycles. The molecule has 5 nitrogen and oxygen atoms in total. The van der Waals surface area contributed by atoms with E-state index in [0.29, 0.717) is 6.61 Å². The van der Waals surface area contributed by atoms with Gasteiger partial charge in [-0.25, -0.2) is 0 Å². The molecule has 0 fully saturated rings. The van der Waals surface area contributed by atoms with Crippen LogP contribution in [0.25, 0.3) is 0 Å². The van der Waals surface area contributed by atoms with Crippen molar-refractivity contribution < 1.29 is 22.8 Å². The molecule has 1 rings (SSSR count). The molecule has 236 valence electrons. The van der Waals surface area contributed by atoms with Gasteiger partial charge in [0.15, 0.2) is 31.2 Å². The van der Waals surface area contributed by atoms with Crippen molar-refractivity contribution in [1.82, 2.24) is 0 Å². The molecule has 1 aromatic carbocycles. The molecule has 4 atom stereocenters. The van der Waals surface area contributed by atoms with Crippen LogP contribution < -0.4 is 0 Å². The minimum atomic E-state index is -2.24. The molecule has 0 aliphatic heterocycles. The van der Waals surface area contributed by atoms with Crippen LogP contribution in [0.4, 0.5) is 0 Å². The number of aldehydes is 1. The third-order valence-electron chi connectivity index (χ3n) is 9.46. The van der Waals surface area contributed by atoms with Crippen LogP contribution >= 0.6 is 0 Å². The second-order valence-electron chi connectivity index (χ2n) is 16.1. The lowest BCUT2D eigenvalue weighted by molar-refractivity contribution is -0.123. The number of rotatable bonds is 14. The van der Waals surface area contributed by atoms with Gasteiger partial charge in [-0.15, -0.1) is 0 Å². The van der Waals surface area contributed by atoms with Crippen molar-refractivity contribution in [2.24, 2.45) is 0 Å². The van der Waals surface area contributed by atoms with E-state index in [2.05, 4.69) is 115 Å². The lowest BCUT2D eigenvalue weighted by atomic mass is 10.1. The number of hydrogen-bond acceptors (Lipinski definition) is 5. The Bertz CT molecular complexity index is 969. The van der Waals surface area contributed by atoms with E-state index < -0.39 is 37.2 Å². The Morgan fingerprint density at radius 1 is 0.634 bits per heavy atom. The van der Waals surface area contributed by atoms with Crippen LogP contribution in [0.2, 0.25) is 54.4 Å². The van der Waals surface area contributed by atoms with Crippen molar-refractivity contribution in [1.29, 1.82) is 0 Å². The second-order valence-corrected chi connectivity index (χ2v) is 30.3. The van der Waals surface area contributed by atoms with E-state index in [9.17, 15) is 4.79 Å². The Balaban J connectivity index is 3.50. The molecule has 0 aliphatic rings. The van der Waals surface area contributed by atoms with Crippen molar-refractivity contribution in [3.63, 3.8) is 0 Å². The monoisotopic (exact) mass is 622 g/mol. The fourth-order valence-corrected chi connectivity index (χ4v) is 7.42. The summed E-state index contributed by atoms with van der Waals surface area (Å²) in [5, 5.41) is 0.0903. The van der Waals surface area contributed by atoms with Gasteiger partial charge in [-0.1, -0.05) is 105 Å². The van der Waals surface area contributed by atoms with Crippen LogP contribution in [0.5, 0.6) is 0 Å². The molecule has 0 aliphatic carbocycles. The highest BCUT2D eigenvalue weighted by Crippen LogP contribution is 2.41. The van der Waals surface area contributed by atoms with E-state index in [-0.39, 0.29) is 27.3 Å². The van der Waals surface area contributed by atoms with Crippen LogP contribution in [0.1, 0.15) is 74.8 Å². The predicted molar refractivity (Wildman–Crippen MR) is 182 cm³/mol. The van der Waals surface area contributed by atoms with Gasteiger partial charge in [0.25, 0.3) is 0 Å². The van der Waals surface area contributed by atoms with Crippen LogP contribution in [0, 0.1) is 0 Å². The minimum absolute atomic E-state index is 0.0261. The lowest BCUT2D eigenvalue weighted by Gasteiger charge is -2.44. The number of carbonyl (C=O) groups excluding carboxylic acids is 1. The lowest BCUT2D eigenvalue weighted by Crippen LogP contribution is -2.51. The molecule has 0 amide bonds.